The number of hydrogen-bond donors (Lipinski definition) is 1. The van der Waals surface area contributed by atoms with E-state index >= 15 is 0 Å². The highest BCUT2D eigenvalue weighted by Gasteiger charge is 2.31. The minimum absolute atomic E-state index is 0.0772. The molecule has 144 valence electrons. The Kier molecular flexibility index (Phi) is 5.89. The van der Waals surface area contributed by atoms with Gasteiger partial charge in [-0.2, -0.15) is 13.2 Å². The number of carbonyl (C=O) groups excluding carboxylic acids is 1. The van der Waals surface area contributed by atoms with Crippen molar-refractivity contribution in [2.75, 3.05) is 18.0 Å². The van der Waals surface area contributed by atoms with Gasteiger partial charge in [0.1, 0.15) is 5.82 Å². The van der Waals surface area contributed by atoms with Gasteiger partial charge < -0.3 is 10.2 Å². The second-order valence-electron chi connectivity index (χ2n) is 6.54. The SMILES string of the molecule is O=C(NCc1cccc(Cl)c1)C1CCCN(c2ccc(C(F)(F)F)cn2)C1. The molecular formula is C19H19ClF3N3O. The number of carbonyl (C=O) groups is 1. The van der Waals surface area contributed by atoms with E-state index in [0.29, 0.717) is 30.5 Å². The molecule has 3 rings (SSSR count). The minimum atomic E-state index is -4.41. The minimum Gasteiger partial charge on any atom is -0.356 e. The van der Waals surface area contributed by atoms with Crippen molar-refractivity contribution in [1.29, 1.82) is 0 Å². The number of alkyl halides is 3. The number of hydrogen-bond acceptors (Lipinski definition) is 3. The van der Waals surface area contributed by atoms with Crippen LogP contribution in [0.2, 0.25) is 5.02 Å². The van der Waals surface area contributed by atoms with Crippen LogP contribution < -0.4 is 10.2 Å². The molecule has 0 bridgehead atoms. The molecule has 1 N–H and O–H groups in total. The van der Waals surface area contributed by atoms with Crippen molar-refractivity contribution in [2.24, 2.45) is 5.92 Å². The molecule has 2 aromatic rings. The Morgan fingerprint density at radius 3 is 2.78 bits per heavy atom. The molecule has 1 atom stereocenters. The van der Waals surface area contributed by atoms with E-state index in [1.54, 1.807) is 12.1 Å². The van der Waals surface area contributed by atoms with Gasteiger partial charge in [-0.1, -0.05) is 23.7 Å². The van der Waals surface area contributed by atoms with Crippen LogP contribution in [0.5, 0.6) is 0 Å². The average molecular weight is 398 g/mol. The summed E-state index contributed by atoms with van der Waals surface area (Å²) in [6.45, 7) is 1.48. The monoisotopic (exact) mass is 397 g/mol. The highest BCUT2D eigenvalue weighted by molar-refractivity contribution is 6.30. The van der Waals surface area contributed by atoms with Crippen LogP contribution >= 0.6 is 11.6 Å². The first-order valence-electron chi connectivity index (χ1n) is 8.63. The lowest BCUT2D eigenvalue weighted by Crippen LogP contribution is -2.43. The number of anilines is 1. The van der Waals surface area contributed by atoms with Gasteiger partial charge in [0.15, 0.2) is 0 Å². The second-order valence-corrected chi connectivity index (χ2v) is 6.97. The number of halogens is 4. The van der Waals surface area contributed by atoms with Gasteiger partial charge in [0.05, 0.1) is 11.5 Å². The van der Waals surface area contributed by atoms with Crippen molar-refractivity contribution in [2.45, 2.75) is 25.6 Å². The van der Waals surface area contributed by atoms with Gasteiger partial charge in [0, 0.05) is 30.9 Å². The smallest absolute Gasteiger partial charge is 0.356 e. The molecule has 0 saturated carbocycles. The standard InChI is InChI=1S/C19H19ClF3N3O/c20-16-5-1-3-13(9-16)10-25-18(27)14-4-2-8-26(12-14)17-7-6-15(11-24-17)19(21,22)23/h1,3,5-7,9,11,14H,2,4,8,10,12H2,(H,25,27). The summed E-state index contributed by atoms with van der Waals surface area (Å²) in [4.78, 5) is 18.3. The molecule has 1 unspecified atom stereocenters. The van der Waals surface area contributed by atoms with E-state index in [4.69, 9.17) is 11.6 Å². The van der Waals surface area contributed by atoms with Crippen LogP contribution in [0, 0.1) is 5.92 Å². The van der Waals surface area contributed by atoms with Crippen LogP contribution in [-0.4, -0.2) is 24.0 Å². The van der Waals surface area contributed by atoms with E-state index < -0.39 is 11.7 Å². The molecule has 8 heteroatoms. The Hall–Kier alpha value is -2.28. The fourth-order valence-electron chi connectivity index (χ4n) is 3.12. The molecule has 1 aromatic heterocycles. The summed E-state index contributed by atoms with van der Waals surface area (Å²) in [5, 5.41) is 3.51. The Balaban J connectivity index is 1.59. The number of amides is 1. The molecule has 1 aliphatic heterocycles. The molecule has 27 heavy (non-hydrogen) atoms. The van der Waals surface area contributed by atoms with Crippen molar-refractivity contribution in [3.05, 3.63) is 58.7 Å². The molecule has 0 aliphatic carbocycles. The number of benzene rings is 1. The summed E-state index contributed by atoms with van der Waals surface area (Å²) in [6, 6.07) is 9.64. The number of pyridine rings is 1. The topological polar surface area (TPSA) is 45.2 Å². The van der Waals surface area contributed by atoms with Crippen LogP contribution in [-0.2, 0) is 17.5 Å². The summed E-state index contributed by atoms with van der Waals surface area (Å²) in [7, 11) is 0. The third-order valence-electron chi connectivity index (χ3n) is 4.55. The van der Waals surface area contributed by atoms with E-state index in [-0.39, 0.29) is 11.8 Å². The second kappa shape index (κ2) is 8.17. The molecule has 1 aromatic carbocycles. The van der Waals surface area contributed by atoms with Gasteiger partial charge in [0.25, 0.3) is 0 Å². The van der Waals surface area contributed by atoms with Crippen LogP contribution in [0.3, 0.4) is 0 Å². The Bertz CT molecular complexity index is 796. The fourth-order valence-corrected chi connectivity index (χ4v) is 3.33. The number of nitrogens with one attached hydrogen (secondary N) is 1. The van der Waals surface area contributed by atoms with Gasteiger partial charge in [0.2, 0.25) is 5.91 Å². The van der Waals surface area contributed by atoms with E-state index in [9.17, 15) is 18.0 Å². The maximum absolute atomic E-state index is 12.7. The molecule has 1 fully saturated rings. The Morgan fingerprint density at radius 2 is 2.11 bits per heavy atom. The summed E-state index contributed by atoms with van der Waals surface area (Å²) < 4.78 is 38.0. The van der Waals surface area contributed by atoms with Gasteiger partial charge in [-0.05, 0) is 42.7 Å². The molecule has 1 aliphatic rings. The molecule has 0 spiro atoms. The highest BCUT2D eigenvalue weighted by atomic mass is 35.5. The third-order valence-corrected chi connectivity index (χ3v) is 4.78. The third kappa shape index (κ3) is 5.13. The number of rotatable bonds is 4. The lowest BCUT2D eigenvalue weighted by molar-refractivity contribution is -0.137. The van der Waals surface area contributed by atoms with Crippen molar-refractivity contribution >= 4 is 23.3 Å². The van der Waals surface area contributed by atoms with Gasteiger partial charge in [-0.15, -0.1) is 0 Å². The van der Waals surface area contributed by atoms with E-state index in [1.807, 2.05) is 17.0 Å². The summed E-state index contributed by atoms with van der Waals surface area (Å²) in [5.74, 6) is 0.143. The maximum Gasteiger partial charge on any atom is 0.417 e. The zero-order valence-electron chi connectivity index (χ0n) is 14.5. The quantitative estimate of drug-likeness (QED) is 0.837. The Morgan fingerprint density at radius 1 is 1.30 bits per heavy atom. The first kappa shape index (κ1) is 19.5. The van der Waals surface area contributed by atoms with E-state index in [1.165, 1.54) is 6.07 Å². The lowest BCUT2D eigenvalue weighted by Gasteiger charge is -2.33. The average Bonchev–Trinajstić information content (AvgIpc) is 2.66. The predicted molar refractivity (Wildman–Crippen MR) is 97.5 cm³/mol. The zero-order chi connectivity index (χ0) is 19.4. The summed E-state index contributed by atoms with van der Waals surface area (Å²) in [5.41, 5.74) is 0.131. The van der Waals surface area contributed by atoms with Crippen LogP contribution in [0.15, 0.2) is 42.6 Å². The van der Waals surface area contributed by atoms with E-state index in [2.05, 4.69) is 10.3 Å². The van der Waals surface area contributed by atoms with E-state index in [0.717, 1.165) is 30.7 Å². The van der Waals surface area contributed by atoms with Crippen LogP contribution in [0.4, 0.5) is 19.0 Å². The maximum atomic E-state index is 12.7. The zero-order valence-corrected chi connectivity index (χ0v) is 15.2. The number of aromatic nitrogens is 1. The first-order chi connectivity index (χ1) is 12.8. The van der Waals surface area contributed by atoms with Crippen molar-refractivity contribution < 1.29 is 18.0 Å². The fraction of sp³-hybridized carbons (Fsp3) is 0.368. The van der Waals surface area contributed by atoms with Gasteiger partial charge >= 0.3 is 6.18 Å². The van der Waals surface area contributed by atoms with Gasteiger partial charge in [-0.3, -0.25) is 4.79 Å². The molecule has 1 saturated heterocycles. The normalized spacial score (nSPS) is 17.6. The number of nitrogens with zero attached hydrogens (tertiary/aromatic N) is 2. The highest BCUT2D eigenvalue weighted by Crippen LogP contribution is 2.30. The van der Waals surface area contributed by atoms with Crippen LogP contribution in [0.25, 0.3) is 0 Å². The Labute approximate surface area is 160 Å². The van der Waals surface area contributed by atoms with Gasteiger partial charge in [-0.25, -0.2) is 4.98 Å². The van der Waals surface area contributed by atoms with Crippen LogP contribution in [0.1, 0.15) is 24.0 Å². The van der Waals surface area contributed by atoms with Crippen molar-refractivity contribution in [3.63, 3.8) is 0 Å². The molecule has 2 heterocycles. The molecule has 1 amide bonds. The molecule has 0 radical (unpaired) electrons. The molecular weight excluding hydrogens is 379 g/mol. The first-order valence-corrected chi connectivity index (χ1v) is 9.01. The largest absolute Gasteiger partial charge is 0.417 e. The summed E-state index contributed by atoms with van der Waals surface area (Å²) in [6.07, 6.45) is -2.06. The van der Waals surface area contributed by atoms with Crippen molar-refractivity contribution in [1.82, 2.24) is 10.3 Å². The molecule has 4 nitrogen and oxygen atoms in total. The predicted octanol–water partition coefficient (Wildman–Crippen LogP) is 4.29. The van der Waals surface area contributed by atoms with Crippen molar-refractivity contribution in [3.8, 4) is 0 Å². The summed E-state index contributed by atoms with van der Waals surface area (Å²) >= 11 is 5.94. The lowest BCUT2D eigenvalue weighted by atomic mass is 9.97. The number of piperidine rings is 1.